The largest absolute Gasteiger partial charge is 0.491 e. The van der Waals surface area contributed by atoms with Gasteiger partial charge in [-0.25, -0.2) is 0 Å². The van der Waals surface area contributed by atoms with Crippen molar-refractivity contribution < 1.29 is 9.84 Å². The van der Waals surface area contributed by atoms with E-state index in [-0.39, 0.29) is 6.61 Å². The summed E-state index contributed by atoms with van der Waals surface area (Å²) in [5.74, 6) is 0.766. The number of nitrogens with zero attached hydrogens (tertiary/aromatic N) is 1. The Labute approximate surface area is 121 Å². The summed E-state index contributed by atoms with van der Waals surface area (Å²) in [6.45, 7) is 3.02. The lowest BCUT2D eigenvalue weighted by Crippen LogP contribution is -2.38. The highest BCUT2D eigenvalue weighted by Crippen LogP contribution is 2.20. The van der Waals surface area contributed by atoms with Crippen LogP contribution in [0.4, 0.5) is 5.69 Å². The van der Waals surface area contributed by atoms with Crippen LogP contribution < -0.4 is 10.5 Å². The monoisotopic (exact) mass is 278 g/mol. The van der Waals surface area contributed by atoms with E-state index >= 15 is 0 Å². The van der Waals surface area contributed by atoms with E-state index in [1.165, 1.54) is 19.3 Å². The van der Waals surface area contributed by atoms with Crippen molar-refractivity contribution >= 4 is 5.69 Å². The lowest BCUT2D eigenvalue weighted by atomic mass is 10.1. The molecule has 4 nitrogen and oxygen atoms in total. The number of rotatable bonds is 6. The first kappa shape index (κ1) is 15.1. The second-order valence-electron chi connectivity index (χ2n) is 5.46. The van der Waals surface area contributed by atoms with Gasteiger partial charge in [0.15, 0.2) is 0 Å². The van der Waals surface area contributed by atoms with Gasteiger partial charge in [0.2, 0.25) is 0 Å². The van der Waals surface area contributed by atoms with Gasteiger partial charge in [0.1, 0.15) is 5.75 Å². The molecule has 1 fully saturated rings. The van der Waals surface area contributed by atoms with Gasteiger partial charge in [0.05, 0.1) is 18.9 Å². The van der Waals surface area contributed by atoms with E-state index in [4.69, 9.17) is 10.5 Å². The molecule has 4 heteroatoms. The maximum absolute atomic E-state index is 9.47. The van der Waals surface area contributed by atoms with Crippen LogP contribution >= 0.6 is 0 Å². The van der Waals surface area contributed by atoms with Crippen molar-refractivity contribution in [2.45, 2.75) is 38.1 Å². The van der Waals surface area contributed by atoms with E-state index in [0.717, 1.165) is 31.7 Å². The predicted molar refractivity (Wildman–Crippen MR) is 81.9 cm³/mol. The highest BCUT2D eigenvalue weighted by Gasteiger charge is 2.19. The third-order valence-electron chi connectivity index (χ3n) is 3.98. The van der Waals surface area contributed by atoms with Crippen LogP contribution in [0.2, 0.25) is 0 Å². The SMILES string of the molecule is Nc1ccccc1OCCCN1CCCCCC1CO. The van der Waals surface area contributed by atoms with E-state index in [1.54, 1.807) is 0 Å². The minimum atomic E-state index is 0.270. The molecule has 0 amide bonds. The molecule has 1 unspecified atom stereocenters. The molecule has 1 aliphatic rings. The van der Waals surface area contributed by atoms with Crippen LogP contribution in [0, 0.1) is 0 Å². The summed E-state index contributed by atoms with van der Waals surface area (Å²) in [5, 5.41) is 9.47. The fraction of sp³-hybridized carbons (Fsp3) is 0.625. The van der Waals surface area contributed by atoms with Gasteiger partial charge in [-0.05, 0) is 37.9 Å². The van der Waals surface area contributed by atoms with Crippen molar-refractivity contribution in [3.63, 3.8) is 0 Å². The van der Waals surface area contributed by atoms with Crippen LogP contribution in [-0.4, -0.2) is 42.4 Å². The number of ether oxygens (including phenoxy) is 1. The van der Waals surface area contributed by atoms with Crippen molar-refractivity contribution in [1.29, 1.82) is 0 Å². The number of anilines is 1. The summed E-state index contributed by atoms with van der Waals surface area (Å²) >= 11 is 0. The van der Waals surface area contributed by atoms with Crippen molar-refractivity contribution in [2.75, 3.05) is 32.0 Å². The number of hydrogen-bond donors (Lipinski definition) is 2. The van der Waals surface area contributed by atoms with Crippen molar-refractivity contribution in [3.05, 3.63) is 24.3 Å². The summed E-state index contributed by atoms with van der Waals surface area (Å²) < 4.78 is 5.71. The Kier molecular flexibility index (Phi) is 6.15. The average molecular weight is 278 g/mol. The highest BCUT2D eigenvalue weighted by atomic mass is 16.5. The third kappa shape index (κ3) is 4.39. The molecule has 1 aliphatic heterocycles. The molecule has 1 saturated heterocycles. The molecule has 0 radical (unpaired) electrons. The van der Waals surface area contributed by atoms with Gasteiger partial charge in [0.25, 0.3) is 0 Å². The van der Waals surface area contributed by atoms with Gasteiger partial charge in [-0.2, -0.15) is 0 Å². The number of nitrogens with two attached hydrogens (primary N) is 1. The molecule has 0 aromatic heterocycles. The number of aliphatic hydroxyl groups is 1. The van der Waals surface area contributed by atoms with Gasteiger partial charge >= 0.3 is 0 Å². The van der Waals surface area contributed by atoms with Crippen molar-refractivity contribution in [1.82, 2.24) is 4.90 Å². The number of likely N-dealkylation sites (tertiary alicyclic amines) is 1. The topological polar surface area (TPSA) is 58.7 Å². The van der Waals surface area contributed by atoms with Crippen LogP contribution in [0.5, 0.6) is 5.75 Å². The predicted octanol–water partition coefficient (Wildman–Crippen LogP) is 2.27. The van der Waals surface area contributed by atoms with Gasteiger partial charge in [-0.15, -0.1) is 0 Å². The van der Waals surface area contributed by atoms with Gasteiger partial charge < -0.3 is 15.6 Å². The molecule has 20 heavy (non-hydrogen) atoms. The number of benzene rings is 1. The number of para-hydroxylation sites is 2. The summed E-state index contributed by atoms with van der Waals surface area (Å²) in [5.41, 5.74) is 6.53. The van der Waals surface area contributed by atoms with Crippen LogP contribution in [0.1, 0.15) is 32.1 Å². The second-order valence-corrected chi connectivity index (χ2v) is 5.46. The molecule has 1 aromatic rings. The van der Waals surface area contributed by atoms with Crippen molar-refractivity contribution in [3.8, 4) is 5.75 Å². The Balaban J connectivity index is 1.73. The van der Waals surface area contributed by atoms with Gasteiger partial charge in [0, 0.05) is 12.6 Å². The van der Waals surface area contributed by atoms with Gasteiger partial charge in [-0.1, -0.05) is 25.0 Å². The zero-order valence-electron chi connectivity index (χ0n) is 12.1. The normalized spacial score (nSPS) is 20.6. The molecular formula is C16H26N2O2. The van der Waals surface area contributed by atoms with Crippen molar-refractivity contribution in [2.24, 2.45) is 0 Å². The summed E-state index contributed by atoms with van der Waals surface area (Å²) in [6, 6.07) is 7.93. The molecule has 0 aliphatic carbocycles. The van der Waals surface area contributed by atoms with E-state index in [0.29, 0.717) is 18.3 Å². The maximum atomic E-state index is 9.47. The molecule has 2 rings (SSSR count). The second kappa shape index (κ2) is 8.12. The van der Waals surface area contributed by atoms with E-state index in [2.05, 4.69) is 4.90 Å². The zero-order chi connectivity index (χ0) is 14.2. The van der Waals surface area contributed by atoms with Gasteiger partial charge in [-0.3, -0.25) is 4.90 Å². The summed E-state index contributed by atoms with van der Waals surface area (Å²) in [4.78, 5) is 2.41. The highest BCUT2D eigenvalue weighted by molar-refractivity contribution is 5.51. The first-order valence-electron chi connectivity index (χ1n) is 7.63. The molecule has 112 valence electrons. The van der Waals surface area contributed by atoms with E-state index < -0.39 is 0 Å². The minimum absolute atomic E-state index is 0.270. The molecule has 1 atom stereocenters. The quantitative estimate of drug-likeness (QED) is 0.619. The maximum Gasteiger partial charge on any atom is 0.142 e. The number of aliphatic hydroxyl groups excluding tert-OH is 1. The number of hydrogen-bond acceptors (Lipinski definition) is 4. The Hall–Kier alpha value is -1.26. The Morgan fingerprint density at radius 2 is 2.10 bits per heavy atom. The third-order valence-corrected chi connectivity index (χ3v) is 3.98. The smallest absolute Gasteiger partial charge is 0.142 e. The van der Waals surface area contributed by atoms with Crippen LogP contribution in [0.3, 0.4) is 0 Å². The van der Waals surface area contributed by atoms with E-state index in [9.17, 15) is 5.11 Å². The molecule has 1 aromatic carbocycles. The minimum Gasteiger partial charge on any atom is -0.491 e. The van der Waals surface area contributed by atoms with Crippen LogP contribution in [0.15, 0.2) is 24.3 Å². The Bertz CT molecular complexity index is 398. The average Bonchev–Trinajstić information content (AvgIpc) is 2.70. The van der Waals surface area contributed by atoms with Crippen LogP contribution in [-0.2, 0) is 0 Å². The first-order chi connectivity index (χ1) is 9.81. The fourth-order valence-electron chi connectivity index (χ4n) is 2.80. The molecule has 3 N–H and O–H groups in total. The zero-order valence-corrected chi connectivity index (χ0v) is 12.1. The number of nitrogen functional groups attached to an aromatic ring is 1. The molecule has 0 spiro atoms. The molecule has 1 heterocycles. The lowest BCUT2D eigenvalue weighted by molar-refractivity contribution is 0.118. The summed E-state index contributed by atoms with van der Waals surface area (Å²) in [7, 11) is 0. The first-order valence-corrected chi connectivity index (χ1v) is 7.63. The standard InChI is InChI=1S/C16H26N2O2/c17-15-8-3-4-9-16(15)20-12-6-11-18-10-5-1-2-7-14(18)13-19/h3-4,8-9,14,19H,1-2,5-7,10-13,17H2. The van der Waals surface area contributed by atoms with E-state index in [1.807, 2.05) is 24.3 Å². The fourth-order valence-corrected chi connectivity index (χ4v) is 2.80. The Morgan fingerprint density at radius 3 is 2.90 bits per heavy atom. The molecular weight excluding hydrogens is 252 g/mol. The lowest BCUT2D eigenvalue weighted by Gasteiger charge is -2.28. The molecule has 0 saturated carbocycles. The Morgan fingerprint density at radius 1 is 1.25 bits per heavy atom. The summed E-state index contributed by atoms with van der Waals surface area (Å²) in [6.07, 6.45) is 5.83. The van der Waals surface area contributed by atoms with Crippen LogP contribution in [0.25, 0.3) is 0 Å². The molecule has 0 bridgehead atoms.